The molecule has 4 atom stereocenters. The summed E-state index contributed by atoms with van der Waals surface area (Å²) in [5.74, 6) is 0.349. The lowest BCUT2D eigenvalue weighted by molar-refractivity contribution is -0.142. The molecule has 0 aliphatic rings. The molecule has 0 saturated carbocycles. The van der Waals surface area contributed by atoms with Gasteiger partial charge in [-0.3, -0.25) is 9.78 Å². The third-order valence-corrected chi connectivity index (χ3v) is 5.90. The number of nitrogens with zero attached hydrogens (tertiary/aromatic N) is 1. The second kappa shape index (κ2) is 12.4. The van der Waals surface area contributed by atoms with E-state index in [1.54, 1.807) is 26.4 Å². The quantitative estimate of drug-likeness (QED) is 0.432. The molecule has 0 aliphatic carbocycles. The molecule has 1 aromatic heterocycles. The average molecular weight is 445 g/mol. The van der Waals surface area contributed by atoms with E-state index in [4.69, 9.17) is 20.3 Å². The molecule has 0 radical (unpaired) electrons. The maximum Gasteiger partial charge on any atom is 0.306 e. The fourth-order valence-electron chi connectivity index (χ4n) is 3.64. The minimum atomic E-state index is -0.922. The van der Waals surface area contributed by atoms with E-state index in [2.05, 4.69) is 18.8 Å². The molecular weight excluding hydrogens is 408 g/mol. The Kier molecular flexibility index (Phi) is 9.94. The Labute approximate surface area is 190 Å². The predicted molar refractivity (Wildman–Crippen MR) is 124 cm³/mol. The van der Waals surface area contributed by atoms with Crippen molar-refractivity contribution in [1.29, 1.82) is 0 Å². The van der Waals surface area contributed by atoms with E-state index in [0.29, 0.717) is 30.4 Å². The first kappa shape index (κ1) is 25.6. The number of carboxylic acid groups (broad SMARTS) is 1. The van der Waals surface area contributed by atoms with Crippen molar-refractivity contribution in [1.82, 2.24) is 4.98 Å². The first-order chi connectivity index (χ1) is 15.2. The minimum absolute atomic E-state index is 0.150. The molecule has 176 valence electrons. The van der Waals surface area contributed by atoms with Gasteiger partial charge >= 0.3 is 5.97 Å². The summed E-state index contributed by atoms with van der Waals surface area (Å²) in [5, 5.41) is 19.5. The van der Waals surface area contributed by atoms with Gasteiger partial charge in [0.05, 0.1) is 19.1 Å². The van der Waals surface area contributed by atoms with E-state index in [9.17, 15) is 9.90 Å². The fourth-order valence-corrected chi connectivity index (χ4v) is 3.64. The number of nitrogens with two attached hydrogens (primary N) is 1. The van der Waals surface area contributed by atoms with Gasteiger partial charge in [0, 0.05) is 18.4 Å². The van der Waals surface area contributed by atoms with Gasteiger partial charge in [-0.2, -0.15) is 0 Å². The lowest BCUT2D eigenvalue weighted by Gasteiger charge is -2.28. The van der Waals surface area contributed by atoms with Crippen LogP contribution < -0.4 is 15.2 Å². The number of aliphatic hydroxyl groups excluding tert-OH is 1. The Balaban J connectivity index is 2.07. The Morgan fingerprint density at radius 3 is 2.34 bits per heavy atom. The number of ether oxygens (including phenoxy) is 2. The summed E-state index contributed by atoms with van der Waals surface area (Å²) in [6.07, 6.45) is 4.13. The number of aliphatic carboxylic acids is 1. The van der Waals surface area contributed by atoms with Crippen LogP contribution in [-0.2, 0) is 17.8 Å². The molecule has 1 heterocycles. The topological polar surface area (TPSA) is 115 Å². The molecule has 4 unspecified atom stereocenters. The molecule has 1 aromatic carbocycles. The molecule has 7 nitrogen and oxygen atoms in total. The first-order valence-electron chi connectivity index (χ1n) is 11.1. The van der Waals surface area contributed by atoms with Crippen molar-refractivity contribution in [3.8, 4) is 11.5 Å². The minimum Gasteiger partial charge on any atom is -0.493 e. The van der Waals surface area contributed by atoms with Crippen LogP contribution in [0.15, 0.2) is 42.7 Å². The summed E-state index contributed by atoms with van der Waals surface area (Å²) in [5.41, 5.74) is 8.36. The van der Waals surface area contributed by atoms with E-state index in [0.717, 1.165) is 17.5 Å². The molecule has 4 N–H and O–H groups in total. The standard InChI is InChI=1S/C25H36N2O5/c1-16(2)20(14-21(26)22(28)11-17(3)25(29)30)12-19-5-6-23(31-4)24(13-19)32-15-18-7-9-27-10-8-18/h5-10,13,16-17,20-22,28H,11-12,14-15,26H2,1-4H3,(H,29,30). The van der Waals surface area contributed by atoms with Crippen LogP contribution in [-0.4, -0.2) is 40.4 Å². The van der Waals surface area contributed by atoms with Gasteiger partial charge in [0.25, 0.3) is 0 Å². The van der Waals surface area contributed by atoms with Crippen molar-refractivity contribution in [2.45, 2.75) is 58.8 Å². The molecule has 7 heteroatoms. The zero-order valence-electron chi connectivity index (χ0n) is 19.4. The summed E-state index contributed by atoms with van der Waals surface area (Å²) < 4.78 is 11.5. The molecule has 0 spiro atoms. The van der Waals surface area contributed by atoms with Crippen LogP contribution in [0, 0.1) is 17.8 Å². The molecule has 0 fully saturated rings. The first-order valence-corrected chi connectivity index (χ1v) is 11.1. The number of methoxy groups -OCH3 is 1. The highest BCUT2D eigenvalue weighted by molar-refractivity contribution is 5.69. The maximum absolute atomic E-state index is 11.1. The second-order valence-corrected chi connectivity index (χ2v) is 8.78. The molecule has 0 saturated heterocycles. The smallest absolute Gasteiger partial charge is 0.306 e. The second-order valence-electron chi connectivity index (χ2n) is 8.78. The predicted octanol–water partition coefficient (Wildman–Crippen LogP) is 3.67. The highest BCUT2D eigenvalue weighted by Crippen LogP contribution is 2.32. The molecular formula is C25H36N2O5. The SMILES string of the molecule is COc1ccc(CC(CC(N)C(O)CC(C)C(=O)O)C(C)C)cc1OCc1ccncc1. The van der Waals surface area contributed by atoms with Crippen LogP contribution in [0.3, 0.4) is 0 Å². The zero-order valence-corrected chi connectivity index (χ0v) is 19.4. The van der Waals surface area contributed by atoms with Gasteiger partial charge in [0.2, 0.25) is 0 Å². The number of carbonyl (C=O) groups is 1. The number of aromatic nitrogens is 1. The van der Waals surface area contributed by atoms with E-state index in [1.807, 2.05) is 30.3 Å². The van der Waals surface area contributed by atoms with Gasteiger partial charge in [-0.05, 0) is 66.5 Å². The number of rotatable bonds is 13. The molecule has 0 aliphatic heterocycles. The lowest BCUT2D eigenvalue weighted by Crippen LogP contribution is -2.39. The molecule has 32 heavy (non-hydrogen) atoms. The monoisotopic (exact) mass is 444 g/mol. The van der Waals surface area contributed by atoms with E-state index in [-0.39, 0.29) is 12.3 Å². The summed E-state index contributed by atoms with van der Waals surface area (Å²) in [4.78, 5) is 15.1. The van der Waals surface area contributed by atoms with Crippen molar-refractivity contribution in [2.24, 2.45) is 23.5 Å². The highest BCUT2D eigenvalue weighted by Gasteiger charge is 2.26. The van der Waals surface area contributed by atoms with Crippen molar-refractivity contribution < 1.29 is 24.5 Å². The third-order valence-electron chi connectivity index (χ3n) is 5.90. The number of hydrogen-bond donors (Lipinski definition) is 3. The Hall–Kier alpha value is -2.64. The number of benzene rings is 1. The third kappa shape index (κ3) is 7.80. The normalized spacial score (nSPS) is 15.1. The van der Waals surface area contributed by atoms with Gasteiger partial charge < -0.3 is 25.4 Å². The van der Waals surface area contributed by atoms with Crippen molar-refractivity contribution >= 4 is 5.97 Å². The maximum atomic E-state index is 11.1. The van der Waals surface area contributed by atoms with Crippen molar-refractivity contribution in [3.05, 3.63) is 53.9 Å². The summed E-state index contributed by atoms with van der Waals surface area (Å²) in [6.45, 7) is 6.26. The fraction of sp³-hybridized carbons (Fsp3) is 0.520. The Morgan fingerprint density at radius 1 is 1.06 bits per heavy atom. The number of pyridine rings is 1. The van der Waals surface area contributed by atoms with E-state index >= 15 is 0 Å². The van der Waals surface area contributed by atoms with E-state index in [1.165, 1.54) is 0 Å². The zero-order chi connectivity index (χ0) is 23.7. The van der Waals surface area contributed by atoms with Gasteiger partial charge in [-0.1, -0.05) is 26.8 Å². The Bertz CT molecular complexity index is 843. The van der Waals surface area contributed by atoms with Crippen LogP contribution in [0.4, 0.5) is 0 Å². The van der Waals surface area contributed by atoms with Gasteiger partial charge in [0.1, 0.15) is 6.61 Å². The van der Waals surface area contributed by atoms with Gasteiger partial charge in [0.15, 0.2) is 11.5 Å². The number of carboxylic acids is 1. The average Bonchev–Trinajstić information content (AvgIpc) is 2.77. The molecule has 0 amide bonds. The molecule has 2 aromatic rings. The van der Waals surface area contributed by atoms with Crippen molar-refractivity contribution in [2.75, 3.05) is 7.11 Å². The van der Waals surface area contributed by atoms with Crippen LogP contribution in [0.25, 0.3) is 0 Å². The summed E-state index contributed by atoms with van der Waals surface area (Å²) in [6, 6.07) is 9.24. The van der Waals surface area contributed by atoms with Crippen LogP contribution in [0.1, 0.15) is 44.7 Å². The van der Waals surface area contributed by atoms with Crippen LogP contribution >= 0.6 is 0 Å². The number of hydrogen-bond acceptors (Lipinski definition) is 6. The van der Waals surface area contributed by atoms with Crippen molar-refractivity contribution in [3.63, 3.8) is 0 Å². The summed E-state index contributed by atoms with van der Waals surface area (Å²) >= 11 is 0. The highest BCUT2D eigenvalue weighted by atomic mass is 16.5. The number of aliphatic hydroxyl groups is 1. The van der Waals surface area contributed by atoms with E-state index < -0.39 is 24.0 Å². The Morgan fingerprint density at radius 2 is 1.75 bits per heavy atom. The van der Waals surface area contributed by atoms with Crippen LogP contribution in [0.5, 0.6) is 11.5 Å². The van der Waals surface area contributed by atoms with Gasteiger partial charge in [-0.25, -0.2) is 0 Å². The molecule has 2 rings (SSSR count). The lowest BCUT2D eigenvalue weighted by atomic mass is 9.82. The van der Waals surface area contributed by atoms with Crippen LogP contribution in [0.2, 0.25) is 0 Å². The summed E-state index contributed by atoms with van der Waals surface area (Å²) in [7, 11) is 1.61. The largest absolute Gasteiger partial charge is 0.493 e. The van der Waals surface area contributed by atoms with Gasteiger partial charge in [-0.15, -0.1) is 0 Å². The molecule has 0 bridgehead atoms.